The predicted molar refractivity (Wildman–Crippen MR) is 57.9 cm³/mol. The van der Waals surface area contributed by atoms with Crippen LogP contribution >= 0.6 is 0 Å². The number of nitrogens with zero attached hydrogens (tertiary/aromatic N) is 2. The van der Waals surface area contributed by atoms with Gasteiger partial charge in [-0.1, -0.05) is 0 Å². The Hall–Kier alpha value is -2.44. The fourth-order valence-electron chi connectivity index (χ4n) is 1.33. The Labute approximate surface area is 94.7 Å². The molecule has 5 N–H and O–H groups in total. The molecule has 0 fully saturated rings. The van der Waals surface area contributed by atoms with Crippen molar-refractivity contribution in [3.05, 3.63) is 29.8 Å². The van der Waals surface area contributed by atoms with Gasteiger partial charge < -0.3 is 16.6 Å². The van der Waals surface area contributed by atoms with Crippen LogP contribution in [-0.2, 0) is 0 Å². The van der Waals surface area contributed by atoms with Gasteiger partial charge in [0.1, 0.15) is 5.69 Å². The van der Waals surface area contributed by atoms with Gasteiger partial charge in [0.15, 0.2) is 23.2 Å². The number of phenols is 1. The zero-order chi connectivity index (χ0) is 12.6. The van der Waals surface area contributed by atoms with E-state index in [2.05, 4.69) is 9.97 Å². The lowest BCUT2D eigenvalue weighted by Gasteiger charge is -2.06. The van der Waals surface area contributed by atoms with Crippen LogP contribution in [0.3, 0.4) is 0 Å². The number of rotatable bonds is 1. The molecular formula is C10H8F2N4O. The van der Waals surface area contributed by atoms with Gasteiger partial charge in [0.05, 0.1) is 0 Å². The summed E-state index contributed by atoms with van der Waals surface area (Å²) in [5, 5.41) is 9.02. The van der Waals surface area contributed by atoms with E-state index in [1.54, 1.807) is 0 Å². The van der Waals surface area contributed by atoms with Crippen LogP contribution in [0.5, 0.6) is 5.75 Å². The topological polar surface area (TPSA) is 98.0 Å². The maximum Gasteiger partial charge on any atom is 0.222 e. The average molecular weight is 238 g/mol. The standard InChI is InChI=1S/C10H8F2N4O/c11-5-3-4(1-2-6(5)17)8-7(12)9(13)16-10(14)15-8/h1-3,17H,(H4,13,14,15,16). The Morgan fingerprint density at radius 2 is 1.82 bits per heavy atom. The molecule has 17 heavy (non-hydrogen) atoms. The van der Waals surface area contributed by atoms with Crippen LogP contribution < -0.4 is 11.5 Å². The fourth-order valence-corrected chi connectivity index (χ4v) is 1.33. The highest BCUT2D eigenvalue weighted by Gasteiger charge is 2.14. The van der Waals surface area contributed by atoms with Crippen molar-refractivity contribution >= 4 is 11.8 Å². The number of benzene rings is 1. The molecule has 88 valence electrons. The van der Waals surface area contributed by atoms with E-state index in [0.717, 1.165) is 12.1 Å². The number of anilines is 2. The summed E-state index contributed by atoms with van der Waals surface area (Å²) in [5.41, 5.74) is 10.5. The monoisotopic (exact) mass is 238 g/mol. The van der Waals surface area contributed by atoms with E-state index >= 15 is 0 Å². The first-order valence-corrected chi connectivity index (χ1v) is 4.56. The third kappa shape index (κ3) is 1.94. The molecule has 0 saturated carbocycles. The number of aromatic nitrogens is 2. The van der Waals surface area contributed by atoms with Crippen LogP contribution in [0.15, 0.2) is 18.2 Å². The van der Waals surface area contributed by atoms with Gasteiger partial charge in [-0.25, -0.2) is 13.8 Å². The summed E-state index contributed by atoms with van der Waals surface area (Å²) in [7, 11) is 0. The number of hydrogen-bond donors (Lipinski definition) is 3. The van der Waals surface area contributed by atoms with Crippen molar-refractivity contribution in [1.29, 1.82) is 0 Å². The summed E-state index contributed by atoms with van der Waals surface area (Å²) in [5.74, 6) is -2.94. The second-order valence-corrected chi connectivity index (χ2v) is 3.30. The van der Waals surface area contributed by atoms with Crippen molar-refractivity contribution in [1.82, 2.24) is 9.97 Å². The maximum atomic E-state index is 13.6. The molecule has 0 unspecified atom stereocenters. The van der Waals surface area contributed by atoms with E-state index in [9.17, 15) is 8.78 Å². The summed E-state index contributed by atoms with van der Waals surface area (Å²) in [6.45, 7) is 0. The van der Waals surface area contributed by atoms with Crippen LogP contribution in [0.1, 0.15) is 0 Å². The third-order valence-corrected chi connectivity index (χ3v) is 2.12. The van der Waals surface area contributed by atoms with Gasteiger partial charge in [-0.05, 0) is 18.2 Å². The van der Waals surface area contributed by atoms with Crippen molar-refractivity contribution in [3.63, 3.8) is 0 Å². The van der Waals surface area contributed by atoms with Crippen molar-refractivity contribution in [2.45, 2.75) is 0 Å². The molecule has 1 aromatic carbocycles. The first-order chi connectivity index (χ1) is 7.99. The van der Waals surface area contributed by atoms with Crippen molar-refractivity contribution in [2.75, 3.05) is 11.5 Å². The largest absolute Gasteiger partial charge is 0.505 e. The van der Waals surface area contributed by atoms with E-state index in [-0.39, 0.29) is 17.2 Å². The number of nitrogens with two attached hydrogens (primary N) is 2. The minimum atomic E-state index is -0.891. The van der Waals surface area contributed by atoms with Crippen LogP contribution in [-0.4, -0.2) is 15.1 Å². The number of nitrogen functional groups attached to an aromatic ring is 2. The Morgan fingerprint density at radius 3 is 2.47 bits per heavy atom. The van der Waals surface area contributed by atoms with Gasteiger partial charge in [-0.3, -0.25) is 0 Å². The normalized spacial score (nSPS) is 10.5. The SMILES string of the molecule is Nc1nc(N)c(F)c(-c2ccc(O)c(F)c2)n1. The number of halogens is 2. The van der Waals surface area contributed by atoms with Gasteiger partial charge in [0.2, 0.25) is 5.95 Å². The second kappa shape index (κ2) is 3.85. The van der Waals surface area contributed by atoms with Gasteiger partial charge in [0.25, 0.3) is 0 Å². The molecule has 0 aliphatic carbocycles. The van der Waals surface area contributed by atoms with Gasteiger partial charge >= 0.3 is 0 Å². The van der Waals surface area contributed by atoms with Gasteiger partial charge in [0, 0.05) is 5.56 Å². The molecule has 1 aromatic heterocycles. The Morgan fingerprint density at radius 1 is 1.12 bits per heavy atom. The lowest BCUT2D eigenvalue weighted by atomic mass is 10.1. The fraction of sp³-hybridized carbons (Fsp3) is 0. The minimum Gasteiger partial charge on any atom is -0.505 e. The molecule has 0 bridgehead atoms. The Bertz CT molecular complexity index is 589. The molecule has 2 rings (SSSR count). The van der Waals surface area contributed by atoms with Crippen molar-refractivity contribution in [2.24, 2.45) is 0 Å². The highest BCUT2D eigenvalue weighted by molar-refractivity contribution is 5.65. The summed E-state index contributed by atoms with van der Waals surface area (Å²) in [6.07, 6.45) is 0. The summed E-state index contributed by atoms with van der Waals surface area (Å²) in [6, 6.07) is 3.31. The van der Waals surface area contributed by atoms with Crippen LogP contribution in [0, 0.1) is 11.6 Å². The van der Waals surface area contributed by atoms with Crippen molar-refractivity contribution < 1.29 is 13.9 Å². The van der Waals surface area contributed by atoms with Crippen LogP contribution in [0.2, 0.25) is 0 Å². The molecule has 0 aliphatic heterocycles. The summed E-state index contributed by atoms with van der Waals surface area (Å²) in [4.78, 5) is 7.06. The van der Waals surface area contributed by atoms with Gasteiger partial charge in [-0.2, -0.15) is 4.98 Å². The molecule has 7 heteroatoms. The molecule has 0 spiro atoms. The first-order valence-electron chi connectivity index (χ1n) is 4.56. The Balaban J connectivity index is 2.64. The quantitative estimate of drug-likeness (QED) is 0.695. The molecule has 0 saturated heterocycles. The van der Waals surface area contributed by atoms with E-state index in [4.69, 9.17) is 16.6 Å². The maximum absolute atomic E-state index is 13.6. The molecule has 0 amide bonds. The van der Waals surface area contributed by atoms with Crippen LogP contribution in [0.25, 0.3) is 11.3 Å². The number of hydrogen-bond acceptors (Lipinski definition) is 5. The van der Waals surface area contributed by atoms with Crippen molar-refractivity contribution in [3.8, 4) is 17.0 Å². The number of aromatic hydroxyl groups is 1. The molecule has 1 heterocycles. The highest BCUT2D eigenvalue weighted by Crippen LogP contribution is 2.27. The second-order valence-electron chi connectivity index (χ2n) is 3.30. The zero-order valence-corrected chi connectivity index (χ0v) is 8.48. The minimum absolute atomic E-state index is 0.110. The van der Waals surface area contributed by atoms with E-state index < -0.39 is 23.2 Å². The van der Waals surface area contributed by atoms with E-state index in [0.29, 0.717) is 0 Å². The summed E-state index contributed by atoms with van der Waals surface area (Å²) >= 11 is 0. The smallest absolute Gasteiger partial charge is 0.222 e. The molecule has 0 radical (unpaired) electrons. The average Bonchev–Trinajstić information content (AvgIpc) is 2.27. The van der Waals surface area contributed by atoms with Gasteiger partial charge in [-0.15, -0.1) is 0 Å². The molecule has 5 nitrogen and oxygen atoms in total. The molecule has 0 atom stereocenters. The van der Waals surface area contributed by atoms with Crippen LogP contribution in [0.4, 0.5) is 20.5 Å². The predicted octanol–water partition coefficient (Wildman–Crippen LogP) is 1.29. The third-order valence-electron chi connectivity index (χ3n) is 2.12. The zero-order valence-electron chi connectivity index (χ0n) is 8.48. The first kappa shape index (κ1) is 11.1. The Kier molecular flexibility index (Phi) is 2.51. The molecule has 2 aromatic rings. The van der Waals surface area contributed by atoms with E-state index in [1.165, 1.54) is 6.07 Å². The lowest BCUT2D eigenvalue weighted by molar-refractivity contribution is 0.432. The lowest BCUT2D eigenvalue weighted by Crippen LogP contribution is -2.05. The highest BCUT2D eigenvalue weighted by atomic mass is 19.1. The number of phenolic OH excluding ortho intramolecular Hbond substituents is 1. The van der Waals surface area contributed by atoms with E-state index in [1.807, 2.05) is 0 Å². The molecule has 0 aliphatic rings. The summed E-state index contributed by atoms with van der Waals surface area (Å²) < 4.78 is 26.7. The molecular weight excluding hydrogens is 230 g/mol.